The van der Waals surface area contributed by atoms with Gasteiger partial charge in [0.1, 0.15) is 12.4 Å². The highest BCUT2D eigenvalue weighted by molar-refractivity contribution is 7.98. The molecule has 154 valence electrons. The molecule has 0 saturated heterocycles. The Bertz CT molecular complexity index is 1030. The highest BCUT2D eigenvalue weighted by Crippen LogP contribution is 2.24. The van der Waals surface area contributed by atoms with Crippen molar-refractivity contribution in [1.82, 2.24) is 5.32 Å². The van der Waals surface area contributed by atoms with Crippen LogP contribution in [0.1, 0.15) is 20.7 Å². The molecule has 0 aliphatic rings. The lowest BCUT2D eigenvalue weighted by atomic mass is 10.1. The third-order valence-electron chi connectivity index (χ3n) is 4.24. The van der Waals surface area contributed by atoms with Crippen molar-refractivity contribution in [2.45, 2.75) is 4.90 Å². The standard InChI is InChI=1S/C23H21ClN2O3S/c1-30-17-11-12-20(24)19(15-17)23(28)26-21-10-6-5-9-18(21)22(27)25-13-14-29-16-7-3-2-4-8-16/h2-12,15H,13-14H2,1H3,(H,25,27)(H,26,28). The van der Waals surface area contributed by atoms with Gasteiger partial charge in [-0.25, -0.2) is 0 Å². The molecule has 0 unspecified atom stereocenters. The van der Waals surface area contributed by atoms with Crippen LogP contribution in [0.2, 0.25) is 5.02 Å². The number of halogens is 1. The molecule has 2 N–H and O–H groups in total. The molecule has 3 aromatic rings. The third kappa shape index (κ3) is 5.78. The first-order valence-corrected chi connectivity index (χ1v) is 10.9. The smallest absolute Gasteiger partial charge is 0.257 e. The summed E-state index contributed by atoms with van der Waals surface area (Å²) in [6, 6.07) is 21.5. The maximum Gasteiger partial charge on any atom is 0.257 e. The lowest BCUT2D eigenvalue weighted by Crippen LogP contribution is -2.29. The number of rotatable bonds is 8. The molecule has 0 heterocycles. The Labute approximate surface area is 184 Å². The molecule has 0 radical (unpaired) electrons. The lowest BCUT2D eigenvalue weighted by molar-refractivity contribution is 0.0948. The third-order valence-corrected chi connectivity index (χ3v) is 5.29. The number of hydrogen-bond donors (Lipinski definition) is 2. The van der Waals surface area contributed by atoms with Crippen LogP contribution in [0.15, 0.2) is 77.7 Å². The number of hydrogen-bond acceptors (Lipinski definition) is 4. The van der Waals surface area contributed by atoms with E-state index in [2.05, 4.69) is 10.6 Å². The van der Waals surface area contributed by atoms with E-state index in [4.69, 9.17) is 16.3 Å². The van der Waals surface area contributed by atoms with Crippen molar-refractivity contribution in [2.24, 2.45) is 0 Å². The molecule has 5 nitrogen and oxygen atoms in total. The average molecular weight is 441 g/mol. The molecule has 0 atom stereocenters. The van der Waals surface area contributed by atoms with Gasteiger partial charge in [0.2, 0.25) is 0 Å². The minimum absolute atomic E-state index is 0.300. The van der Waals surface area contributed by atoms with Gasteiger partial charge in [-0.05, 0) is 48.7 Å². The molecule has 2 amide bonds. The first kappa shape index (κ1) is 21.7. The predicted molar refractivity (Wildman–Crippen MR) is 122 cm³/mol. The minimum atomic E-state index is -0.372. The van der Waals surface area contributed by atoms with E-state index in [1.807, 2.05) is 42.7 Å². The zero-order chi connectivity index (χ0) is 21.3. The second kappa shape index (κ2) is 10.7. The predicted octanol–water partition coefficient (Wildman–Crippen LogP) is 5.12. The van der Waals surface area contributed by atoms with Gasteiger partial charge in [-0.15, -0.1) is 11.8 Å². The van der Waals surface area contributed by atoms with Gasteiger partial charge in [-0.1, -0.05) is 41.9 Å². The fraction of sp³-hybridized carbons (Fsp3) is 0.130. The van der Waals surface area contributed by atoms with E-state index >= 15 is 0 Å². The summed E-state index contributed by atoms with van der Waals surface area (Å²) in [6.45, 7) is 0.666. The molecule has 0 aliphatic heterocycles. The molecule has 0 saturated carbocycles. The number of para-hydroxylation sites is 2. The van der Waals surface area contributed by atoms with Crippen LogP contribution in [0, 0.1) is 0 Å². The van der Waals surface area contributed by atoms with E-state index in [0.29, 0.717) is 35.0 Å². The number of thioether (sulfide) groups is 1. The molecule has 0 aliphatic carbocycles. The fourth-order valence-electron chi connectivity index (χ4n) is 2.73. The second-order valence-electron chi connectivity index (χ2n) is 6.26. The number of carbonyl (C=O) groups is 2. The Hall–Kier alpha value is -2.96. The molecule has 7 heteroatoms. The van der Waals surface area contributed by atoms with Crippen molar-refractivity contribution in [1.29, 1.82) is 0 Å². The van der Waals surface area contributed by atoms with Crippen molar-refractivity contribution in [3.05, 3.63) is 88.9 Å². The largest absolute Gasteiger partial charge is 0.492 e. The van der Waals surface area contributed by atoms with Crippen LogP contribution in [-0.4, -0.2) is 31.2 Å². The number of amides is 2. The second-order valence-corrected chi connectivity index (χ2v) is 7.55. The van der Waals surface area contributed by atoms with Crippen LogP contribution in [0.3, 0.4) is 0 Å². The van der Waals surface area contributed by atoms with Gasteiger partial charge in [-0.3, -0.25) is 9.59 Å². The Balaban J connectivity index is 1.63. The average Bonchev–Trinajstić information content (AvgIpc) is 2.78. The van der Waals surface area contributed by atoms with Crippen LogP contribution in [0.25, 0.3) is 0 Å². The summed E-state index contributed by atoms with van der Waals surface area (Å²) in [4.78, 5) is 26.3. The van der Waals surface area contributed by atoms with Gasteiger partial charge in [-0.2, -0.15) is 0 Å². The van der Waals surface area contributed by atoms with Gasteiger partial charge >= 0.3 is 0 Å². The molecular weight excluding hydrogens is 420 g/mol. The first-order valence-electron chi connectivity index (χ1n) is 9.28. The summed E-state index contributed by atoms with van der Waals surface area (Å²) in [5.41, 5.74) is 1.13. The summed E-state index contributed by atoms with van der Waals surface area (Å²) in [5, 5.41) is 5.95. The monoisotopic (exact) mass is 440 g/mol. The topological polar surface area (TPSA) is 67.4 Å². The summed E-state index contributed by atoms with van der Waals surface area (Å²) in [6.07, 6.45) is 1.92. The summed E-state index contributed by atoms with van der Waals surface area (Å²) >= 11 is 7.71. The van der Waals surface area contributed by atoms with E-state index in [9.17, 15) is 9.59 Å². The van der Waals surface area contributed by atoms with Gasteiger partial charge in [0.15, 0.2) is 0 Å². The minimum Gasteiger partial charge on any atom is -0.492 e. The maximum atomic E-state index is 12.7. The van der Waals surface area contributed by atoms with Crippen molar-refractivity contribution in [3.63, 3.8) is 0 Å². The van der Waals surface area contributed by atoms with Crippen molar-refractivity contribution in [3.8, 4) is 5.75 Å². The number of ether oxygens (including phenoxy) is 1. The van der Waals surface area contributed by atoms with Crippen molar-refractivity contribution in [2.75, 3.05) is 24.7 Å². The van der Waals surface area contributed by atoms with Gasteiger partial charge in [0.05, 0.1) is 28.4 Å². The lowest BCUT2D eigenvalue weighted by Gasteiger charge is -2.13. The zero-order valence-electron chi connectivity index (χ0n) is 16.4. The van der Waals surface area contributed by atoms with Crippen LogP contribution >= 0.6 is 23.4 Å². The Kier molecular flexibility index (Phi) is 7.76. The number of carbonyl (C=O) groups excluding carboxylic acids is 2. The normalized spacial score (nSPS) is 10.3. The van der Waals surface area contributed by atoms with Gasteiger partial charge in [0.25, 0.3) is 11.8 Å². The van der Waals surface area contributed by atoms with E-state index in [1.165, 1.54) is 11.8 Å². The van der Waals surface area contributed by atoms with Crippen LogP contribution in [-0.2, 0) is 0 Å². The summed E-state index contributed by atoms with van der Waals surface area (Å²) < 4.78 is 5.58. The SMILES string of the molecule is CSc1ccc(Cl)c(C(=O)Nc2ccccc2C(=O)NCCOc2ccccc2)c1. The molecule has 30 heavy (non-hydrogen) atoms. The molecule has 0 spiro atoms. The first-order chi connectivity index (χ1) is 14.6. The Morgan fingerprint density at radius 2 is 1.67 bits per heavy atom. The molecular formula is C23H21ClN2O3S. The number of benzene rings is 3. The molecule has 3 aromatic carbocycles. The van der Waals surface area contributed by atoms with Crippen LogP contribution in [0.4, 0.5) is 5.69 Å². The fourth-order valence-corrected chi connectivity index (χ4v) is 3.37. The number of anilines is 1. The zero-order valence-corrected chi connectivity index (χ0v) is 17.9. The van der Waals surface area contributed by atoms with Crippen LogP contribution < -0.4 is 15.4 Å². The Morgan fingerprint density at radius 3 is 2.43 bits per heavy atom. The molecule has 3 rings (SSSR count). The highest BCUT2D eigenvalue weighted by atomic mass is 35.5. The van der Waals surface area contributed by atoms with Crippen molar-refractivity contribution >= 4 is 40.9 Å². The quantitative estimate of drug-likeness (QED) is 0.376. The van der Waals surface area contributed by atoms with Gasteiger partial charge < -0.3 is 15.4 Å². The molecule has 0 bridgehead atoms. The van der Waals surface area contributed by atoms with Crippen LogP contribution in [0.5, 0.6) is 5.75 Å². The van der Waals surface area contributed by atoms with Crippen molar-refractivity contribution < 1.29 is 14.3 Å². The molecule has 0 aromatic heterocycles. The Morgan fingerprint density at radius 1 is 0.933 bits per heavy atom. The van der Waals surface area contributed by atoms with E-state index < -0.39 is 0 Å². The summed E-state index contributed by atoms with van der Waals surface area (Å²) in [7, 11) is 0. The van der Waals surface area contributed by atoms with E-state index in [1.54, 1.807) is 36.4 Å². The van der Waals surface area contributed by atoms with E-state index in [-0.39, 0.29) is 11.8 Å². The molecule has 0 fully saturated rings. The number of nitrogens with one attached hydrogen (secondary N) is 2. The highest BCUT2D eigenvalue weighted by Gasteiger charge is 2.16. The maximum absolute atomic E-state index is 12.7. The van der Waals surface area contributed by atoms with Gasteiger partial charge in [0, 0.05) is 4.90 Å². The van der Waals surface area contributed by atoms with E-state index in [0.717, 1.165) is 10.6 Å². The summed E-state index contributed by atoms with van der Waals surface area (Å²) in [5.74, 6) is 0.0684.